The third kappa shape index (κ3) is 4.81. The Morgan fingerprint density at radius 2 is 1.51 bits per heavy atom. The van der Waals surface area contributed by atoms with Gasteiger partial charge in [0.1, 0.15) is 30.2 Å². The van der Waals surface area contributed by atoms with Crippen molar-refractivity contribution in [3.05, 3.63) is 22.7 Å². The van der Waals surface area contributed by atoms with Crippen LogP contribution >= 0.6 is 0 Å². The molecule has 1 aromatic rings. The molecule has 2 aliphatic rings. The van der Waals surface area contributed by atoms with Gasteiger partial charge in [-0.15, -0.1) is 0 Å². The molecule has 1 aromatic heterocycles. The molecule has 10 nitrogen and oxygen atoms in total. The van der Waals surface area contributed by atoms with Crippen molar-refractivity contribution in [2.45, 2.75) is 115 Å². The topological polar surface area (TPSA) is 135 Å². The number of ketones is 1. The second-order valence-corrected chi connectivity index (χ2v) is 19.7. The van der Waals surface area contributed by atoms with Gasteiger partial charge in [-0.1, -0.05) is 55.4 Å². The number of fused-ring (bicyclic) bond motifs is 1. The lowest BCUT2D eigenvalue weighted by Gasteiger charge is -2.52. The van der Waals surface area contributed by atoms with E-state index in [9.17, 15) is 14.7 Å². The molecule has 5 atom stereocenters. The maximum atomic E-state index is 13.0. The summed E-state index contributed by atoms with van der Waals surface area (Å²) >= 11 is 0. The minimum Gasteiger partial charge on any atom is -0.414 e. The van der Waals surface area contributed by atoms with Crippen LogP contribution in [0.15, 0.2) is 17.1 Å². The van der Waals surface area contributed by atoms with Crippen molar-refractivity contribution in [1.29, 1.82) is 0 Å². The van der Waals surface area contributed by atoms with Gasteiger partial charge in [0.2, 0.25) is 0 Å². The van der Waals surface area contributed by atoms with Gasteiger partial charge in [-0.25, -0.2) is 4.79 Å². The number of carbonyl (C=O) groups is 1. The molecule has 0 saturated carbocycles. The lowest BCUT2D eigenvalue weighted by molar-refractivity contribution is -0.141. The Labute approximate surface area is 209 Å². The molecule has 1 unspecified atom stereocenters. The largest absolute Gasteiger partial charge is 0.414 e. The normalized spacial score (nSPS) is 30.5. The average molecular weight is 528 g/mol. The summed E-state index contributed by atoms with van der Waals surface area (Å²) in [5.41, 5.74) is 5.09. The van der Waals surface area contributed by atoms with Gasteiger partial charge in [0.05, 0.1) is 0 Å². The van der Waals surface area contributed by atoms with E-state index in [0.29, 0.717) is 0 Å². The van der Waals surface area contributed by atoms with Crippen molar-refractivity contribution in [2.24, 2.45) is 0 Å². The second-order valence-electron chi connectivity index (χ2n) is 10.9. The lowest BCUT2D eigenvalue weighted by atomic mass is 10.0. The van der Waals surface area contributed by atoms with E-state index in [1.807, 2.05) is 0 Å². The standard InChI is InChI=1S/C23H41N3O7Si2/c1-12(2)34(13(3)4)31-19(16(9)27)21-20(32-35(33-34,14(5)6)15(7)8)18(28)22(30-21)26-11-10-17(24)25-23(26)29/h10-15,18-22,28H,1-9H3,(H2,24,25,29)/t18-,19?,20+,21-,22-/m1/s1. The van der Waals surface area contributed by atoms with Crippen LogP contribution in [0.1, 0.15) is 68.5 Å². The maximum Gasteiger partial charge on any atom is 0.351 e. The van der Waals surface area contributed by atoms with Gasteiger partial charge in [0, 0.05) is 6.20 Å². The monoisotopic (exact) mass is 527 g/mol. The molecule has 0 bridgehead atoms. The molecule has 12 heteroatoms. The Kier molecular flexibility index (Phi) is 8.17. The van der Waals surface area contributed by atoms with Gasteiger partial charge >= 0.3 is 22.8 Å². The predicted octanol–water partition coefficient (Wildman–Crippen LogP) is 3.00. The van der Waals surface area contributed by atoms with Crippen molar-refractivity contribution >= 4 is 28.7 Å². The van der Waals surface area contributed by atoms with Crippen molar-refractivity contribution < 1.29 is 27.6 Å². The number of hydrogen-bond donors (Lipinski definition) is 2. The third-order valence-electron chi connectivity index (χ3n) is 7.24. The van der Waals surface area contributed by atoms with E-state index < -0.39 is 53.5 Å². The molecule has 198 valence electrons. The summed E-state index contributed by atoms with van der Waals surface area (Å²) in [6, 6.07) is 1.46. The van der Waals surface area contributed by atoms with Crippen LogP contribution < -0.4 is 11.4 Å². The number of aliphatic hydroxyl groups is 1. The van der Waals surface area contributed by atoms with Crippen LogP contribution in [0.2, 0.25) is 22.2 Å². The van der Waals surface area contributed by atoms with Gasteiger partial charge in [-0.3, -0.25) is 9.36 Å². The zero-order valence-electron chi connectivity index (χ0n) is 22.2. The summed E-state index contributed by atoms with van der Waals surface area (Å²) < 4.78 is 28.2. The first kappa shape index (κ1) is 28.2. The molecule has 35 heavy (non-hydrogen) atoms. The lowest BCUT2D eigenvalue weighted by Crippen LogP contribution is -2.68. The maximum absolute atomic E-state index is 13.0. The van der Waals surface area contributed by atoms with Crippen LogP contribution in [-0.2, 0) is 22.5 Å². The smallest absolute Gasteiger partial charge is 0.351 e. The zero-order valence-corrected chi connectivity index (χ0v) is 24.2. The summed E-state index contributed by atoms with van der Waals surface area (Å²) in [4.78, 5) is 29.3. The van der Waals surface area contributed by atoms with Crippen molar-refractivity contribution in [2.75, 3.05) is 5.73 Å². The summed E-state index contributed by atoms with van der Waals surface area (Å²) in [5, 5.41) is 11.4. The highest BCUT2D eigenvalue weighted by molar-refractivity contribution is 6.84. The second kappa shape index (κ2) is 10.2. The Balaban J connectivity index is 2.21. The molecule has 0 radical (unpaired) electrons. The first-order chi connectivity index (χ1) is 16.2. The fraction of sp³-hybridized carbons (Fsp3) is 0.783. The van der Waals surface area contributed by atoms with Crippen LogP contribution in [-0.4, -0.2) is 62.0 Å². The van der Waals surface area contributed by atoms with Gasteiger partial charge in [0.15, 0.2) is 12.0 Å². The fourth-order valence-corrected chi connectivity index (χ4v) is 16.6. The summed E-state index contributed by atoms with van der Waals surface area (Å²) in [6.07, 6.45) is -3.81. The number of aliphatic hydroxyl groups excluding tert-OH is 1. The predicted molar refractivity (Wildman–Crippen MR) is 136 cm³/mol. The van der Waals surface area contributed by atoms with Gasteiger partial charge in [-0.05, 0) is 35.2 Å². The number of ether oxygens (including phenoxy) is 1. The molecule has 0 spiro atoms. The summed E-state index contributed by atoms with van der Waals surface area (Å²) in [6.45, 7) is 18.0. The van der Waals surface area contributed by atoms with Crippen LogP contribution in [0.25, 0.3) is 0 Å². The third-order valence-corrected chi connectivity index (χ3v) is 17.5. The van der Waals surface area contributed by atoms with Crippen molar-refractivity contribution in [1.82, 2.24) is 9.55 Å². The van der Waals surface area contributed by atoms with E-state index in [-0.39, 0.29) is 33.8 Å². The van der Waals surface area contributed by atoms with E-state index in [0.717, 1.165) is 0 Å². The molecule has 3 heterocycles. The SMILES string of the molecule is CC(=O)C1O[Si](C(C)C)(C(C)C)O[Si](C(C)C)(C(C)C)O[C@H]2[C@@H](O)[C@H](n3ccc(N)nc3=O)O[C@H]12. The number of carbonyl (C=O) groups excluding carboxylic acids is 1. The molecule has 0 aromatic carbocycles. The van der Waals surface area contributed by atoms with Crippen molar-refractivity contribution in [3.8, 4) is 0 Å². The van der Waals surface area contributed by atoms with Crippen LogP contribution in [0.5, 0.6) is 0 Å². The summed E-state index contributed by atoms with van der Waals surface area (Å²) in [5.74, 6) is -0.181. The number of rotatable bonds is 6. The number of nitrogen functional groups attached to an aromatic ring is 1. The number of Topliss-reactive ketones (excluding diaryl/α,β-unsaturated/α-hetero) is 1. The van der Waals surface area contributed by atoms with E-state index in [2.05, 4.69) is 60.4 Å². The Bertz CT molecular complexity index is 968. The number of anilines is 1. The highest BCUT2D eigenvalue weighted by Gasteiger charge is 2.64. The van der Waals surface area contributed by atoms with Crippen LogP contribution in [0.3, 0.4) is 0 Å². The number of nitrogens with two attached hydrogens (primary N) is 1. The molecular formula is C23H41N3O7Si2. The van der Waals surface area contributed by atoms with Gasteiger partial charge < -0.3 is 28.5 Å². The Hall–Kier alpha value is -1.42. The highest BCUT2D eigenvalue weighted by atomic mass is 28.5. The minimum atomic E-state index is -3.06. The van der Waals surface area contributed by atoms with E-state index in [1.54, 1.807) is 0 Å². The number of hydrogen-bond acceptors (Lipinski definition) is 9. The highest BCUT2D eigenvalue weighted by Crippen LogP contribution is 2.49. The zero-order chi connectivity index (χ0) is 26.5. The van der Waals surface area contributed by atoms with E-state index in [1.165, 1.54) is 23.8 Å². The molecule has 3 N–H and O–H groups in total. The van der Waals surface area contributed by atoms with Gasteiger partial charge in [-0.2, -0.15) is 4.98 Å². The fourth-order valence-electron chi connectivity index (χ4n) is 5.34. The van der Waals surface area contributed by atoms with Crippen LogP contribution in [0.4, 0.5) is 5.82 Å². The molecule has 3 rings (SSSR count). The average Bonchev–Trinajstić information content (AvgIpc) is 3.02. The molecule has 2 aliphatic heterocycles. The quantitative estimate of drug-likeness (QED) is 0.535. The minimum absolute atomic E-state index is 0.0252. The first-order valence-electron chi connectivity index (χ1n) is 12.4. The Morgan fingerprint density at radius 1 is 1.00 bits per heavy atom. The molecule has 2 saturated heterocycles. The molecule has 0 aliphatic carbocycles. The van der Waals surface area contributed by atoms with Gasteiger partial charge in [0.25, 0.3) is 0 Å². The van der Waals surface area contributed by atoms with Crippen molar-refractivity contribution in [3.63, 3.8) is 0 Å². The number of aromatic nitrogens is 2. The Morgan fingerprint density at radius 3 is 1.97 bits per heavy atom. The molecule has 0 amide bonds. The summed E-state index contributed by atoms with van der Waals surface area (Å²) in [7, 11) is -6.12. The molecule has 2 fully saturated rings. The van der Waals surface area contributed by atoms with E-state index in [4.69, 9.17) is 23.4 Å². The van der Waals surface area contributed by atoms with E-state index >= 15 is 0 Å². The number of nitrogens with zero attached hydrogens (tertiary/aromatic N) is 2. The van der Waals surface area contributed by atoms with Crippen LogP contribution in [0, 0.1) is 0 Å². The first-order valence-corrected chi connectivity index (χ1v) is 16.4. The molecular weight excluding hydrogens is 486 g/mol.